The first-order chi connectivity index (χ1) is 16.1. The van der Waals surface area contributed by atoms with Gasteiger partial charge in [-0.3, -0.25) is 4.79 Å². The number of ether oxygens (including phenoxy) is 2. The molecule has 0 aliphatic carbocycles. The van der Waals surface area contributed by atoms with Crippen LogP contribution in [0.5, 0.6) is 11.5 Å². The normalized spacial score (nSPS) is 10.9. The van der Waals surface area contributed by atoms with Crippen molar-refractivity contribution in [1.29, 1.82) is 0 Å². The number of anilines is 1. The molecule has 1 heterocycles. The topological polar surface area (TPSA) is 78.3 Å². The van der Waals surface area contributed by atoms with E-state index in [1.807, 2.05) is 41.8 Å². The van der Waals surface area contributed by atoms with Gasteiger partial charge in [0.15, 0.2) is 11.0 Å². The zero-order valence-corrected chi connectivity index (χ0v) is 19.8. The van der Waals surface area contributed by atoms with Crippen molar-refractivity contribution in [1.82, 2.24) is 14.8 Å². The summed E-state index contributed by atoms with van der Waals surface area (Å²) in [5.41, 5.74) is 0.525. The summed E-state index contributed by atoms with van der Waals surface area (Å²) in [7, 11) is 1.54. The van der Waals surface area contributed by atoms with Crippen molar-refractivity contribution in [3.8, 4) is 11.5 Å². The smallest absolute Gasteiger partial charge is 0.234 e. The molecule has 0 fully saturated rings. The van der Waals surface area contributed by atoms with Gasteiger partial charge in [-0.25, -0.2) is 0 Å². The maximum absolute atomic E-state index is 12.5. The van der Waals surface area contributed by atoms with Gasteiger partial charge in [-0.1, -0.05) is 59.8 Å². The zero-order chi connectivity index (χ0) is 23.2. The van der Waals surface area contributed by atoms with Crippen LogP contribution >= 0.6 is 23.4 Å². The van der Waals surface area contributed by atoms with Gasteiger partial charge in [-0.15, -0.1) is 10.2 Å². The lowest BCUT2D eigenvalue weighted by atomic mass is 10.1. The number of aromatic nitrogens is 3. The number of nitrogens with zero attached hydrogens (tertiary/aromatic N) is 3. The van der Waals surface area contributed by atoms with Crippen LogP contribution in [0.3, 0.4) is 0 Å². The monoisotopic (exact) mass is 482 g/mol. The molecule has 0 bridgehead atoms. The van der Waals surface area contributed by atoms with E-state index in [0.717, 1.165) is 16.5 Å². The zero-order valence-electron chi connectivity index (χ0n) is 18.2. The number of amides is 1. The molecular weight excluding hydrogens is 460 g/mol. The van der Waals surface area contributed by atoms with E-state index >= 15 is 0 Å². The van der Waals surface area contributed by atoms with Gasteiger partial charge in [0.2, 0.25) is 5.91 Å². The van der Waals surface area contributed by atoms with E-state index in [9.17, 15) is 4.79 Å². The summed E-state index contributed by atoms with van der Waals surface area (Å²) >= 11 is 7.34. The second-order valence-electron chi connectivity index (χ2n) is 7.09. The molecule has 0 spiro atoms. The molecule has 3 aromatic carbocycles. The van der Waals surface area contributed by atoms with Crippen molar-refractivity contribution in [2.24, 2.45) is 0 Å². The highest BCUT2D eigenvalue weighted by atomic mass is 35.5. The molecule has 33 heavy (non-hydrogen) atoms. The second-order valence-corrected chi connectivity index (χ2v) is 8.47. The first kappa shape index (κ1) is 22.9. The van der Waals surface area contributed by atoms with Crippen molar-refractivity contribution >= 4 is 45.7 Å². The number of hydrogen-bond acceptors (Lipinski definition) is 6. The fraction of sp³-hybridized carbons (Fsp3) is 0.208. The van der Waals surface area contributed by atoms with Gasteiger partial charge in [0.05, 0.1) is 18.6 Å². The van der Waals surface area contributed by atoms with Crippen LogP contribution in [-0.2, 0) is 17.9 Å². The number of methoxy groups -OCH3 is 1. The maximum Gasteiger partial charge on any atom is 0.234 e. The molecule has 0 radical (unpaired) electrons. The molecule has 9 heteroatoms. The number of carbonyl (C=O) groups is 1. The van der Waals surface area contributed by atoms with Crippen LogP contribution in [-0.4, -0.2) is 33.5 Å². The minimum atomic E-state index is -0.195. The fourth-order valence-electron chi connectivity index (χ4n) is 3.41. The van der Waals surface area contributed by atoms with Gasteiger partial charge in [0.1, 0.15) is 18.1 Å². The number of carbonyl (C=O) groups excluding carboxylic acids is 1. The number of thioether (sulfide) groups is 1. The summed E-state index contributed by atoms with van der Waals surface area (Å²) in [6.45, 7) is 2.94. The van der Waals surface area contributed by atoms with E-state index in [4.69, 9.17) is 21.1 Å². The Kier molecular flexibility index (Phi) is 7.36. The molecular formula is C24H23ClN4O3S. The Hall–Kier alpha value is -3.23. The van der Waals surface area contributed by atoms with E-state index in [1.54, 1.807) is 25.3 Å². The third-order valence-electron chi connectivity index (χ3n) is 4.98. The molecule has 1 amide bonds. The first-order valence-electron chi connectivity index (χ1n) is 10.4. The SMILES string of the molecule is CCn1c(COc2cccc3ccccc23)nnc1SCC(=O)Nc1cc(Cl)ccc1OC. The highest BCUT2D eigenvalue weighted by Gasteiger charge is 2.15. The van der Waals surface area contributed by atoms with Crippen LogP contribution < -0.4 is 14.8 Å². The van der Waals surface area contributed by atoms with Crippen molar-refractivity contribution in [2.75, 3.05) is 18.2 Å². The summed E-state index contributed by atoms with van der Waals surface area (Å²) in [5, 5.41) is 14.7. The third-order valence-corrected chi connectivity index (χ3v) is 6.19. The molecule has 0 aliphatic rings. The van der Waals surface area contributed by atoms with Crippen molar-refractivity contribution in [3.05, 3.63) is 71.5 Å². The predicted molar refractivity (Wildman–Crippen MR) is 131 cm³/mol. The second kappa shape index (κ2) is 10.6. The Labute approximate surface area is 201 Å². The van der Waals surface area contributed by atoms with E-state index in [-0.39, 0.29) is 18.3 Å². The average Bonchev–Trinajstić information content (AvgIpc) is 3.23. The van der Waals surface area contributed by atoms with Gasteiger partial charge >= 0.3 is 0 Å². The molecule has 0 unspecified atom stereocenters. The van der Waals surface area contributed by atoms with Crippen molar-refractivity contribution < 1.29 is 14.3 Å². The van der Waals surface area contributed by atoms with E-state index in [0.29, 0.717) is 34.0 Å². The number of fused-ring (bicyclic) bond motifs is 1. The van der Waals surface area contributed by atoms with Crippen molar-refractivity contribution in [3.63, 3.8) is 0 Å². The maximum atomic E-state index is 12.5. The molecule has 0 atom stereocenters. The average molecular weight is 483 g/mol. The summed E-state index contributed by atoms with van der Waals surface area (Å²) in [6.07, 6.45) is 0. The van der Waals surface area contributed by atoms with Gasteiger partial charge in [0, 0.05) is 17.0 Å². The number of rotatable bonds is 9. The molecule has 7 nitrogen and oxygen atoms in total. The molecule has 4 rings (SSSR count). The van der Waals surface area contributed by atoms with Crippen LogP contribution in [0.2, 0.25) is 5.02 Å². The summed E-state index contributed by atoms with van der Waals surface area (Å²) < 4.78 is 13.3. The van der Waals surface area contributed by atoms with E-state index in [1.165, 1.54) is 11.8 Å². The molecule has 0 aliphatic heterocycles. The van der Waals surface area contributed by atoms with Gasteiger partial charge in [0.25, 0.3) is 0 Å². The van der Waals surface area contributed by atoms with Crippen LogP contribution in [0.1, 0.15) is 12.7 Å². The first-order valence-corrected chi connectivity index (χ1v) is 11.7. The summed E-state index contributed by atoms with van der Waals surface area (Å²) in [5.74, 6) is 2.01. The van der Waals surface area contributed by atoms with Crippen molar-refractivity contribution in [2.45, 2.75) is 25.2 Å². The standard InChI is InChI=1S/C24H23ClN4O3S/c1-3-29-22(14-32-20-10-6-8-16-7-4-5-9-18(16)20)27-28-24(29)33-15-23(30)26-19-13-17(25)11-12-21(19)31-2/h4-13H,3,14-15H2,1-2H3,(H,26,30). The highest BCUT2D eigenvalue weighted by Crippen LogP contribution is 2.29. The molecule has 0 saturated heterocycles. The van der Waals surface area contributed by atoms with Crippen LogP contribution in [0.25, 0.3) is 10.8 Å². The quantitative estimate of drug-likeness (QED) is 0.321. The van der Waals surface area contributed by atoms with Crippen LogP contribution in [0.4, 0.5) is 5.69 Å². The fourth-order valence-corrected chi connectivity index (χ4v) is 4.40. The number of nitrogens with one attached hydrogen (secondary N) is 1. The Morgan fingerprint density at radius 2 is 1.91 bits per heavy atom. The highest BCUT2D eigenvalue weighted by molar-refractivity contribution is 7.99. The third kappa shape index (κ3) is 5.40. The Morgan fingerprint density at radius 3 is 2.73 bits per heavy atom. The van der Waals surface area contributed by atoms with E-state index < -0.39 is 0 Å². The van der Waals surface area contributed by atoms with E-state index in [2.05, 4.69) is 27.6 Å². The summed E-state index contributed by atoms with van der Waals surface area (Å²) in [4.78, 5) is 12.5. The molecule has 0 saturated carbocycles. The minimum Gasteiger partial charge on any atom is -0.495 e. The molecule has 1 aromatic heterocycles. The minimum absolute atomic E-state index is 0.165. The predicted octanol–water partition coefficient (Wildman–Crippen LogP) is 5.42. The largest absolute Gasteiger partial charge is 0.495 e. The van der Waals surface area contributed by atoms with Crippen LogP contribution in [0, 0.1) is 0 Å². The number of halogens is 1. The number of hydrogen-bond donors (Lipinski definition) is 1. The Balaban J connectivity index is 1.40. The molecule has 4 aromatic rings. The van der Waals surface area contributed by atoms with Gasteiger partial charge in [-0.05, 0) is 36.6 Å². The van der Waals surface area contributed by atoms with Gasteiger partial charge < -0.3 is 19.4 Å². The van der Waals surface area contributed by atoms with Gasteiger partial charge in [-0.2, -0.15) is 0 Å². The lowest BCUT2D eigenvalue weighted by Crippen LogP contribution is -2.15. The molecule has 1 N–H and O–H groups in total. The van der Waals surface area contributed by atoms with Crippen LogP contribution in [0.15, 0.2) is 65.8 Å². The Bertz CT molecular complexity index is 1270. The lowest BCUT2D eigenvalue weighted by molar-refractivity contribution is -0.113. The lowest BCUT2D eigenvalue weighted by Gasteiger charge is -2.11. The Morgan fingerprint density at radius 1 is 1.09 bits per heavy atom. The molecule has 170 valence electrons. The number of benzene rings is 3. The summed E-state index contributed by atoms with van der Waals surface area (Å²) in [6, 6.07) is 19.1.